The number of nitrogens with one attached hydrogen (secondary N) is 2. The highest BCUT2D eigenvalue weighted by molar-refractivity contribution is 5.79. The Hall–Kier alpha value is -4.31. The first-order valence-corrected chi connectivity index (χ1v) is 44.1. The molecule has 1 aromatic rings. The van der Waals surface area contributed by atoms with Crippen molar-refractivity contribution in [3.63, 3.8) is 0 Å². The summed E-state index contributed by atoms with van der Waals surface area (Å²) in [6.45, 7) is -0.452. The second kappa shape index (κ2) is 58.1. The number of aliphatic hydroxyl groups is 16. The van der Waals surface area contributed by atoms with E-state index in [1.54, 1.807) is 0 Å². The number of unbranched alkanes of at least 4 members (excludes halogenated alkanes) is 27. The van der Waals surface area contributed by atoms with E-state index >= 15 is 0 Å². The summed E-state index contributed by atoms with van der Waals surface area (Å²) in [5, 5.41) is 199. The van der Waals surface area contributed by atoms with Crippen LogP contribution in [0.1, 0.15) is 244 Å². The van der Waals surface area contributed by atoms with Gasteiger partial charge in [-0.25, -0.2) is 9.59 Å². The van der Waals surface area contributed by atoms with E-state index in [2.05, 4.69) is 47.9 Å². The number of benzene rings is 1. The molecule has 5 aliphatic heterocycles. The topological polar surface area (TPSA) is 575 Å². The average molecular weight is 1730 g/mol. The first kappa shape index (κ1) is 104. The van der Waals surface area contributed by atoms with Crippen molar-refractivity contribution in [3.05, 3.63) is 35.9 Å². The van der Waals surface area contributed by atoms with Crippen LogP contribution in [-0.4, -0.2) is 339 Å². The fourth-order valence-corrected chi connectivity index (χ4v) is 15.6. The molecule has 0 aromatic heterocycles. The van der Waals surface area contributed by atoms with Gasteiger partial charge in [-0.2, -0.15) is 0 Å². The normalized spacial score (nSPS) is 31.8. The molecule has 5 aliphatic rings. The van der Waals surface area contributed by atoms with Gasteiger partial charge < -0.3 is 155 Å². The third-order valence-electron chi connectivity index (χ3n) is 23.0. The van der Waals surface area contributed by atoms with Gasteiger partial charge in [-0.1, -0.05) is 198 Å². The van der Waals surface area contributed by atoms with Crippen molar-refractivity contribution >= 4 is 29.5 Å². The van der Waals surface area contributed by atoms with Crippen molar-refractivity contribution in [1.29, 1.82) is 0 Å². The fourth-order valence-electron chi connectivity index (χ4n) is 15.6. The summed E-state index contributed by atoms with van der Waals surface area (Å²) >= 11 is 0. The molecule has 20 N–H and O–H groups in total. The zero-order valence-electron chi connectivity index (χ0n) is 69.7. The second-order valence-electron chi connectivity index (χ2n) is 32.7. The Morgan fingerprint density at radius 2 is 0.817 bits per heavy atom. The molecule has 120 heavy (non-hydrogen) atoms. The van der Waals surface area contributed by atoms with E-state index in [1.165, 1.54) is 102 Å². The van der Waals surface area contributed by atoms with Crippen molar-refractivity contribution in [2.45, 2.75) is 416 Å². The SMILES string of the molecule is CCCCCCCCCCCCCC[C@@H](O)[C@@H](O)[C@H](COC1OC(COCCCCCCCC(=O)CCCCC(=O)NCCOC2OC(CO)C(OC3OC(C(=O)O)C(O)C(OC4OC(CO)C(OC5OC(C(=O)O)C(O)C(O)C5O)C(O)C4O)C3O)C(O)C2O)C(O)C(O)C1O)NC(=O)CCCCCCCCCCCCCCc1ccccc1. The smallest absolute Gasteiger partial charge is 0.335 e. The minimum absolute atomic E-state index is 0.0395. The summed E-state index contributed by atoms with van der Waals surface area (Å²) in [4.78, 5) is 62.8. The third-order valence-corrected chi connectivity index (χ3v) is 23.0. The largest absolute Gasteiger partial charge is 0.479 e. The minimum atomic E-state index is -2.32. The van der Waals surface area contributed by atoms with E-state index < -0.39 is 197 Å². The summed E-state index contributed by atoms with van der Waals surface area (Å²) in [5.41, 5.74) is 1.40. The highest BCUT2D eigenvalue weighted by atomic mass is 16.8. The lowest BCUT2D eigenvalue weighted by Crippen LogP contribution is -2.68. The van der Waals surface area contributed by atoms with E-state index in [0.717, 1.165) is 70.6 Å². The van der Waals surface area contributed by atoms with E-state index in [9.17, 15) is 116 Å². The van der Waals surface area contributed by atoms with Crippen LogP contribution in [0.4, 0.5) is 0 Å². The molecule has 694 valence electrons. The minimum Gasteiger partial charge on any atom is -0.479 e. The van der Waals surface area contributed by atoms with Crippen molar-refractivity contribution in [2.75, 3.05) is 46.2 Å². The number of carboxylic acid groups (broad SMARTS) is 2. The molecule has 36 heteroatoms. The Kier molecular flexibility index (Phi) is 50.6. The van der Waals surface area contributed by atoms with Gasteiger partial charge in [0.25, 0.3) is 0 Å². The van der Waals surface area contributed by atoms with Gasteiger partial charge in [0.05, 0.1) is 45.2 Å². The number of carbonyl (C=O) groups is 5. The number of amides is 2. The molecule has 0 aliphatic carbocycles. The molecule has 2 amide bonds. The summed E-state index contributed by atoms with van der Waals surface area (Å²) in [6, 6.07) is 9.55. The van der Waals surface area contributed by atoms with Crippen LogP contribution in [0.15, 0.2) is 30.3 Å². The number of Topliss-reactive ketones (excluding diaryl/α,β-unsaturated/α-hetero) is 1. The number of hydrogen-bond acceptors (Lipinski definition) is 32. The first-order chi connectivity index (χ1) is 57.7. The monoisotopic (exact) mass is 1720 g/mol. The van der Waals surface area contributed by atoms with Crippen LogP contribution in [-0.2, 0) is 82.5 Å². The predicted molar refractivity (Wildman–Crippen MR) is 426 cm³/mol. The predicted octanol–water partition coefficient (Wildman–Crippen LogP) is 1.50. The van der Waals surface area contributed by atoms with Gasteiger partial charge in [-0.05, 0) is 56.9 Å². The van der Waals surface area contributed by atoms with Gasteiger partial charge in [0, 0.05) is 38.8 Å². The van der Waals surface area contributed by atoms with Crippen LogP contribution < -0.4 is 10.6 Å². The number of ether oxygens (including phenoxy) is 11. The van der Waals surface area contributed by atoms with E-state index in [1.807, 2.05) is 0 Å². The molecule has 5 fully saturated rings. The van der Waals surface area contributed by atoms with Gasteiger partial charge >= 0.3 is 11.9 Å². The molecular weight excluding hydrogens is 1580 g/mol. The number of aliphatic hydroxyl groups excluding tert-OH is 16. The lowest BCUT2D eigenvalue weighted by Gasteiger charge is -2.48. The number of ketones is 1. The summed E-state index contributed by atoms with van der Waals surface area (Å²) in [6.07, 6.45) is -17.4. The fraction of sp³-hybridized carbons (Fsp3) is 0.869. The molecular formula is C84H144N2O34. The lowest BCUT2D eigenvalue weighted by atomic mass is 9.95. The lowest BCUT2D eigenvalue weighted by molar-refractivity contribution is -0.385. The van der Waals surface area contributed by atoms with Crippen molar-refractivity contribution < 1.29 is 168 Å². The maximum absolute atomic E-state index is 13.4. The molecule has 0 spiro atoms. The van der Waals surface area contributed by atoms with Crippen molar-refractivity contribution in [2.24, 2.45) is 0 Å². The number of aryl methyl sites for hydroxylation is 1. The number of carbonyl (C=O) groups excluding carboxylic acids is 3. The Balaban J connectivity index is 0.823. The zero-order valence-corrected chi connectivity index (χ0v) is 69.7. The number of hydrogen-bond donors (Lipinski definition) is 20. The average Bonchev–Trinajstić information content (AvgIpc) is 0.759. The molecule has 6 rings (SSSR count). The Bertz CT molecular complexity index is 2940. The number of rotatable bonds is 63. The molecule has 0 radical (unpaired) electrons. The molecule has 0 saturated carbocycles. The molecule has 25 unspecified atom stereocenters. The van der Waals surface area contributed by atoms with Crippen molar-refractivity contribution in [3.8, 4) is 0 Å². The highest BCUT2D eigenvalue weighted by Gasteiger charge is 2.57. The zero-order chi connectivity index (χ0) is 87.5. The quantitative estimate of drug-likeness (QED) is 0.0411. The van der Waals surface area contributed by atoms with Gasteiger partial charge in [-0.3, -0.25) is 14.4 Å². The molecule has 1 aromatic carbocycles. The molecule has 5 heterocycles. The van der Waals surface area contributed by atoms with Gasteiger partial charge in [0.2, 0.25) is 11.8 Å². The molecule has 5 saturated heterocycles. The Morgan fingerprint density at radius 3 is 1.38 bits per heavy atom. The van der Waals surface area contributed by atoms with Crippen LogP contribution in [0.25, 0.3) is 0 Å². The van der Waals surface area contributed by atoms with Crippen LogP contribution in [0.3, 0.4) is 0 Å². The number of carboxylic acids is 2. The van der Waals surface area contributed by atoms with Crippen LogP contribution in [0.2, 0.25) is 0 Å². The standard InChI is InChI=1S/C84H144N2O34/c1-2-3-4-5-6-7-8-12-15-18-23-31-41-54(90)60(93)53(86-59(92)43-32-24-19-16-13-10-9-11-14-17-21-27-36-51-37-28-26-29-38-51)49-112-81-67(100)62(95)61(94)57(115-81)50-110-45-35-25-20-22-30-39-52(89)40-33-34-42-58(91)85-44-46-111-80-69(102)65(98)73(55(47-87)113-80)117-84-72(105)75(71(104)77(120-84)79(108)109)118-82-70(103)66(99)74(56(48-88)114-82)116-83-68(101)63(96)64(97)76(119-83)78(106)107/h26,28-29,37-38,53-57,60-77,80-84,87-88,90,93-105H,2-25,27,30-36,39-50H2,1H3,(H,85,91)(H,86,92)(H,106,107)(H,108,109)/t53-,54+,55?,56?,57?,60-,61?,62?,63?,64?,65?,66?,67?,68?,69?,70?,71?,72?,73?,74?,75?,76?,77?,80?,81?,82?,83?,84?/m0/s1. The first-order valence-electron chi connectivity index (χ1n) is 44.1. The van der Waals surface area contributed by atoms with Gasteiger partial charge in [-0.15, -0.1) is 0 Å². The van der Waals surface area contributed by atoms with E-state index in [4.69, 9.17) is 52.1 Å². The van der Waals surface area contributed by atoms with Crippen molar-refractivity contribution in [1.82, 2.24) is 10.6 Å². The van der Waals surface area contributed by atoms with Crippen LogP contribution >= 0.6 is 0 Å². The number of aliphatic carboxylic acids is 2. The summed E-state index contributed by atoms with van der Waals surface area (Å²) in [7, 11) is 0. The summed E-state index contributed by atoms with van der Waals surface area (Å²) in [5.74, 6) is -4.30. The molecule has 28 atom stereocenters. The van der Waals surface area contributed by atoms with E-state index in [-0.39, 0.29) is 69.8 Å². The summed E-state index contributed by atoms with van der Waals surface area (Å²) < 4.78 is 61.6. The maximum atomic E-state index is 13.4. The Morgan fingerprint density at radius 1 is 0.400 bits per heavy atom. The van der Waals surface area contributed by atoms with Crippen LogP contribution in [0.5, 0.6) is 0 Å². The molecule has 0 bridgehead atoms. The Labute approximate surface area is 703 Å². The van der Waals surface area contributed by atoms with Gasteiger partial charge in [0.15, 0.2) is 43.7 Å². The highest BCUT2D eigenvalue weighted by Crippen LogP contribution is 2.36. The third kappa shape index (κ3) is 35.5. The molecule has 36 nitrogen and oxygen atoms in total. The maximum Gasteiger partial charge on any atom is 0.335 e. The van der Waals surface area contributed by atoms with E-state index in [0.29, 0.717) is 51.4 Å². The van der Waals surface area contributed by atoms with Crippen LogP contribution in [0, 0.1) is 0 Å². The second-order valence-corrected chi connectivity index (χ2v) is 32.7. The van der Waals surface area contributed by atoms with Gasteiger partial charge in [0.1, 0.15) is 122 Å².